The van der Waals surface area contributed by atoms with Crippen molar-refractivity contribution in [2.75, 3.05) is 6.54 Å². The van der Waals surface area contributed by atoms with Crippen LogP contribution >= 0.6 is 0 Å². The Balaban J connectivity index is 1.41. The van der Waals surface area contributed by atoms with E-state index in [4.69, 9.17) is 4.42 Å². The molecular weight excluding hydrogens is 332 g/mol. The standard InChI is InChI=1S/C18H20N6O2/c1-10-8-11(2)24-18(19-10)21-15(22-24)17(25)23-7-6-14-13(9-23)20-16(26-14)12-4-3-5-12/h8,12H,3-7,9H2,1-2H3. The number of hydrogen-bond acceptors (Lipinski definition) is 6. The van der Waals surface area contributed by atoms with Crippen molar-refractivity contribution >= 4 is 11.7 Å². The summed E-state index contributed by atoms with van der Waals surface area (Å²) in [5.74, 6) is 2.67. The smallest absolute Gasteiger partial charge is 0.293 e. The van der Waals surface area contributed by atoms with Crippen LogP contribution in [0.15, 0.2) is 10.5 Å². The zero-order chi connectivity index (χ0) is 17.8. The molecule has 1 fully saturated rings. The molecule has 2 aliphatic rings. The fourth-order valence-corrected chi connectivity index (χ4v) is 3.62. The molecule has 0 atom stereocenters. The highest BCUT2D eigenvalue weighted by Crippen LogP contribution is 2.37. The number of nitrogens with zero attached hydrogens (tertiary/aromatic N) is 6. The van der Waals surface area contributed by atoms with Gasteiger partial charge in [-0.05, 0) is 32.8 Å². The first-order chi connectivity index (χ1) is 12.6. The van der Waals surface area contributed by atoms with Gasteiger partial charge < -0.3 is 9.32 Å². The molecule has 1 aliphatic carbocycles. The predicted molar refractivity (Wildman–Crippen MR) is 91.8 cm³/mol. The highest BCUT2D eigenvalue weighted by Gasteiger charge is 2.31. The van der Waals surface area contributed by atoms with E-state index in [0.29, 0.717) is 31.2 Å². The average molecular weight is 352 g/mol. The second-order valence-corrected chi connectivity index (χ2v) is 7.21. The molecule has 0 N–H and O–H groups in total. The van der Waals surface area contributed by atoms with E-state index in [0.717, 1.165) is 41.6 Å². The fraction of sp³-hybridized carbons (Fsp3) is 0.500. The summed E-state index contributed by atoms with van der Waals surface area (Å²) in [6.45, 7) is 4.87. The molecule has 8 heteroatoms. The molecule has 3 aromatic heterocycles. The molecule has 1 amide bonds. The molecular formula is C18H20N6O2. The first kappa shape index (κ1) is 15.5. The average Bonchev–Trinajstić information content (AvgIpc) is 3.15. The number of oxazole rings is 1. The topological polar surface area (TPSA) is 89.4 Å². The Morgan fingerprint density at radius 3 is 2.85 bits per heavy atom. The SMILES string of the molecule is Cc1cc(C)n2nc(C(=O)N3CCc4oc(C5CCC5)nc4C3)nc2n1. The molecule has 134 valence electrons. The van der Waals surface area contributed by atoms with Crippen LogP contribution in [0.2, 0.25) is 0 Å². The molecule has 8 nitrogen and oxygen atoms in total. The molecule has 0 bridgehead atoms. The van der Waals surface area contributed by atoms with E-state index in [9.17, 15) is 4.79 Å². The summed E-state index contributed by atoms with van der Waals surface area (Å²) in [4.78, 5) is 28.0. The fourth-order valence-electron chi connectivity index (χ4n) is 3.62. The van der Waals surface area contributed by atoms with Crippen LogP contribution in [0.1, 0.15) is 64.5 Å². The second kappa shape index (κ2) is 5.62. The number of fused-ring (bicyclic) bond motifs is 2. The first-order valence-corrected chi connectivity index (χ1v) is 9.07. The van der Waals surface area contributed by atoms with Gasteiger partial charge in [-0.3, -0.25) is 4.79 Å². The molecule has 26 heavy (non-hydrogen) atoms. The Hall–Kier alpha value is -2.77. The summed E-state index contributed by atoms with van der Waals surface area (Å²) in [5, 5.41) is 4.35. The normalized spacial score (nSPS) is 17.4. The van der Waals surface area contributed by atoms with Gasteiger partial charge >= 0.3 is 0 Å². The number of aromatic nitrogens is 5. The lowest BCUT2D eigenvalue weighted by Crippen LogP contribution is -2.36. The maximum atomic E-state index is 12.9. The molecule has 0 unspecified atom stereocenters. The van der Waals surface area contributed by atoms with Gasteiger partial charge in [-0.15, -0.1) is 5.10 Å². The summed E-state index contributed by atoms with van der Waals surface area (Å²) >= 11 is 0. The molecule has 0 spiro atoms. The van der Waals surface area contributed by atoms with Gasteiger partial charge in [0.05, 0.1) is 6.54 Å². The quantitative estimate of drug-likeness (QED) is 0.702. The number of carbonyl (C=O) groups excluding carboxylic acids is 1. The van der Waals surface area contributed by atoms with Gasteiger partial charge in [0.2, 0.25) is 5.82 Å². The van der Waals surface area contributed by atoms with Crippen LogP contribution in [0.5, 0.6) is 0 Å². The number of hydrogen-bond donors (Lipinski definition) is 0. The number of aryl methyl sites for hydroxylation is 2. The molecule has 5 rings (SSSR count). The van der Waals surface area contributed by atoms with E-state index in [1.165, 1.54) is 6.42 Å². The maximum Gasteiger partial charge on any atom is 0.293 e. The first-order valence-electron chi connectivity index (χ1n) is 9.07. The summed E-state index contributed by atoms with van der Waals surface area (Å²) in [7, 11) is 0. The highest BCUT2D eigenvalue weighted by molar-refractivity contribution is 5.91. The lowest BCUT2D eigenvalue weighted by molar-refractivity contribution is 0.0715. The molecule has 0 saturated heterocycles. The lowest BCUT2D eigenvalue weighted by Gasteiger charge is -2.23. The summed E-state index contributed by atoms with van der Waals surface area (Å²) in [6, 6.07) is 1.92. The van der Waals surface area contributed by atoms with Crippen molar-refractivity contribution in [1.29, 1.82) is 0 Å². The summed E-state index contributed by atoms with van der Waals surface area (Å²) in [5.41, 5.74) is 2.64. The van der Waals surface area contributed by atoms with Crippen molar-refractivity contribution < 1.29 is 9.21 Å². The number of carbonyl (C=O) groups is 1. The molecule has 1 saturated carbocycles. The molecule has 0 aromatic carbocycles. The predicted octanol–water partition coefficient (Wildman–Crippen LogP) is 2.20. The Morgan fingerprint density at radius 1 is 1.23 bits per heavy atom. The summed E-state index contributed by atoms with van der Waals surface area (Å²) < 4.78 is 7.54. The van der Waals surface area contributed by atoms with Crippen LogP contribution in [0.25, 0.3) is 5.78 Å². The van der Waals surface area contributed by atoms with E-state index >= 15 is 0 Å². The van der Waals surface area contributed by atoms with Crippen molar-refractivity contribution in [3.8, 4) is 0 Å². The monoisotopic (exact) mass is 352 g/mol. The van der Waals surface area contributed by atoms with Crippen molar-refractivity contribution in [3.05, 3.63) is 40.6 Å². The Morgan fingerprint density at radius 2 is 2.08 bits per heavy atom. The third-order valence-corrected chi connectivity index (χ3v) is 5.30. The van der Waals surface area contributed by atoms with E-state index in [-0.39, 0.29) is 11.7 Å². The van der Waals surface area contributed by atoms with Crippen LogP contribution in [-0.4, -0.2) is 41.9 Å². The van der Waals surface area contributed by atoms with Gasteiger partial charge in [0.25, 0.3) is 11.7 Å². The molecule has 3 aromatic rings. The van der Waals surface area contributed by atoms with E-state index in [2.05, 4.69) is 20.1 Å². The van der Waals surface area contributed by atoms with Crippen molar-refractivity contribution in [1.82, 2.24) is 29.5 Å². The largest absolute Gasteiger partial charge is 0.445 e. The Labute approximate surface area is 150 Å². The van der Waals surface area contributed by atoms with Crippen molar-refractivity contribution in [3.63, 3.8) is 0 Å². The zero-order valence-electron chi connectivity index (χ0n) is 14.9. The minimum absolute atomic E-state index is 0.178. The number of amides is 1. The van der Waals surface area contributed by atoms with Crippen LogP contribution in [0, 0.1) is 13.8 Å². The molecule has 1 aliphatic heterocycles. The maximum absolute atomic E-state index is 12.9. The third-order valence-electron chi connectivity index (χ3n) is 5.30. The van der Waals surface area contributed by atoms with Crippen LogP contribution < -0.4 is 0 Å². The van der Waals surface area contributed by atoms with Crippen LogP contribution in [0.3, 0.4) is 0 Å². The minimum Gasteiger partial charge on any atom is -0.445 e. The van der Waals surface area contributed by atoms with Crippen molar-refractivity contribution in [2.45, 2.75) is 52.0 Å². The highest BCUT2D eigenvalue weighted by atomic mass is 16.4. The molecule has 0 radical (unpaired) electrons. The minimum atomic E-state index is -0.189. The zero-order valence-corrected chi connectivity index (χ0v) is 14.9. The van der Waals surface area contributed by atoms with E-state index in [1.54, 1.807) is 9.42 Å². The van der Waals surface area contributed by atoms with Crippen LogP contribution in [0.4, 0.5) is 0 Å². The van der Waals surface area contributed by atoms with Gasteiger partial charge in [-0.25, -0.2) is 14.5 Å². The number of rotatable bonds is 2. The third kappa shape index (κ3) is 2.40. The Bertz CT molecular complexity index is 1020. The van der Waals surface area contributed by atoms with Gasteiger partial charge in [0.15, 0.2) is 5.89 Å². The van der Waals surface area contributed by atoms with Crippen molar-refractivity contribution in [2.24, 2.45) is 0 Å². The Kier molecular flexibility index (Phi) is 3.35. The molecule has 4 heterocycles. The van der Waals surface area contributed by atoms with E-state index < -0.39 is 0 Å². The van der Waals surface area contributed by atoms with Gasteiger partial charge in [0, 0.05) is 30.3 Å². The van der Waals surface area contributed by atoms with Crippen LogP contribution in [-0.2, 0) is 13.0 Å². The second-order valence-electron chi connectivity index (χ2n) is 7.21. The van der Waals surface area contributed by atoms with Gasteiger partial charge in [-0.1, -0.05) is 6.42 Å². The lowest BCUT2D eigenvalue weighted by atomic mass is 9.85. The van der Waals surface area contributed by atoms with Gasteiger partial charge in [0.1, 0.15) is 11.5 Å². The van der Waals surface area contributed by atoms with Gasteiger partial charge in [-0.2, -0.15) is 4.98 Å². The van der Waals surface area contributed by atoms with E-state index in [1.807, 2.05) is 19.9 Å². The summed E-state index contributed by atoms with van der Waals surface area (Å²) in [6.07, 6.45) is 4.23.